The number of rotatable bonds is 0. The second-order valence-corrected chi connectivity index (χ2v) is 9.68. The SMILES string of the molecule is O=C1C2CC3CC(C2)CC1C3.O=C1C2CC3CC1CC(O)(C3)C2.[Na+].[OH-]. The maximum atomic E-state index is 11.6. The quantitative estimate of drug-likeness (QED) is 0.618. The molecule has 8 bridgehead atoms. The van der Waals surface area contributed by atoms with Crippen LogP contribution in [0.25, 0.3) is 0 Å². The molecule has 0 heterocycles. The van der Waals surface area contributed by atoms with Crippen molar-refractivity contribution >= 4 is 11.6 Å². The van der Waals surface area contributed by atoms with Gasteiger partial charge in [0.05, 0.1) is 5.60 Å². The van der Waals surface area contributed by atoms with Gasteiger partial charge in [-0.05, 0) is 82.0 Å². The van der Waals surface area contributed by atoms with Crippen LogP contribution in [0.4, 0.5) is 0 Å². The first kappa shape index (κ1) is 20.0. The third-order valence-corrected chi connectivity index (χ3v) is 7.90. The molecule has 5 heteroatoms. The largest absolute Gasteiger partial charge is 1.00 e. The maximum Gasteiger partial charge on any atom is 1.00 e. The molecular formula is C20H29NaO4. The van der Waals surface area contributed by atoms with Gasteiger partial charge in [-0.2, -0.15) is 0 Å². The molecule has 0 aliphatic heterocycles. The van der Waals surface area contributed by atoms with Crippen LogP contribution >= 0.6 is 0 Å². The molecule has 8 aliphatic rings. The third-order valence-electron chi connectivity index (χ3n) is 7.90. The molecule has 0 amide bonds. The minimum Gasteiger partial charge on any atom is -0.870 e. The molecule has 8 rings (SSSR count). The minimum absolute atomic E-state index is 0. The van der Waals surface area contributed by atoms with Crippen molar-refractivity contribution < 1.29 is 49.7 Å². The Labute approximate surface area is 172 Å². The molecule has 0 aromatic rings. The number of aliphatic hydroxyl groups is 1. The Bertz CT molecular complexity index is 512. The first-order valence-electron chi connectivity index (χ1n) is 9.79. The van der Waals surface area contributed by atoms with E-state index in [9.17, 15) is 14.7 Å². The van der Waals surface area contributed by atoms with E-state index in [-0.39, 0.29) is 46.9 Å². The van der Waals surface area contributed by atoms with Crippen LogP contribution < -0.4 is 29.6 Å². The van der Waals surface area contributed by atoms with Crippen molar-refractivity contribution in [2.24, 2.45) is 41.4 Å². The van der Waals surface area contributed by atoms with E-state index in [2.05, 4.69) is 0 Å². The molecule has 134 valence electrons. The predicted octanol–water partition coefficient (Wildman–Crippen LogP) is -0.0347. The summed E-state index contributed by atoms with van der Waals surface area (Å²) in [7, 11) is 0. The van der Waals surface area contributed by atoms with Crippen LogP contribution in [0.1, 0.15) is 64.2 Å². The van der Waals surface area contributed by atoms with Gasteiger partial charge in [0.25, 0.3) is 0 Å². The van der Waals surface area contributed by atoms with Crippen LogP contribution in [0.15, 0.2) is 0 Å². The molecule has 8 saturated carbocycles. The Hall–Kier alpha value is 0.260. The summed E-state index contributed by atoms with van der Waals surface area (Å²) in [6.07, 6.45) is 11.0. The summed E-state index contributed by atoms with van der Waals surface area (Å²) in [5.74, 6) is 5.07. The summed E-state index contributed by atoms with van der Waals surface area (Å²) in [5, 5.41) is 10.1. The van der Waals surface area contributed by atoms with Gasteiger partial charge in [0.1, 0.15) is 11.6 Å². The van der Waals surface area contributed by atoms with E-state index in [0.29, 0.717) is 29.3 Å². The average Bonchev–Trinajstić information content (AvgIpc) is 2.48. The topological polar surface area (TPSA) is 84.4 Å². The van der Waals surface area contributed by atoms with E-state index in [0.717, 1.165) is 43.9 Å². The van der Waals surface area contributed by atoms with Gasteiger partial charge in [-0.3, -0.25) is 9.59 Å². The fraction of sp³-hybridized carbons (Fsp3) is 0.900. The summed E-state index contributed by atoms with van der Waals surface area (Å²) in [4.78, 5) is 23.2. The number of hydrogen-bond acceptors (Lipinski definition) is 4. The molecule has 2 N–H and O–H groups in total. The van der Waals surface area contributed by atoms with E-state index in [1.54, 1.807) is 0 Å². The normalized spacial score (nSPS) is 50.7. The molecule has 2 unspecified atom stereocenters. The van der Waals surface area contributed by atoms with Gasteiger partial charge < -0.3 is 10.6 Å². The van der Waals surface area contributed by atoms with E-state index >= 15 is 0 Å². The summed E-state index contributed by atoms with van der Waals surface area (Å²) in [5.41, 5.74) is -0.440. The molecule has 0 radical (unpaired) electrons. The zero-order chi connectivity index (χ0) is 15.8. The van der Waals surface area contributed by atoms with Gasteiger partial charge in [-0.25, -0.2) is 0 Å². The molecular weight excluding hydrogens is 327 g/mol. The number of Topliss-reactive ketones (excluding diaryl/α,β-unsaturated/α-hetero) is 2. The monoisotopic (exact) mass is 356 g/mol. The van der Waals surface area contributed by atoms with Gasteiger partial charge in [0.15, 0.2) is 0 Å². The molecule has 4 nitrogen and oxygen atoms in total. The van der Waals surface area contributed by atoms with Crippen molar-refractivity contribution in [1.82, 2.24) is 0 Å². The minimum atomic E-state index is -0.440. The van der Waals surface area contributed by atoms with E-state index in [1.807, 2.05) is 0 Å². The Morgan fingerprint density at radius 1 is 0.640 bits per heavy atom. The third kappa shape index (κ3) is 3.42. The Kier molecular flexibility index (Phi) is 5.61. The van der Waals surface area contributed by atoms with Crippen molar-refractivity contribution in [3.8, 4) is 0 Å². The van der Waals surface area contributed by atoms with Gasteiger partial charge in [0.2, 0.25) is 0 Å². The second-order valence-electron chi connectivity index (χ2n) is 9.68. The molecule has 0 aromatic heterocycles. The van der Waals surface area contributed by atoms with Crippen molar-refractivity contribution in [3.05, 3.63) is 0 Å². The number of ketones is 2. The summed E-state index contributed by atoms with van der Waals surface area (Å²) >= 11 is 0. The van der Waals surface area contributed by atoms with Gasteiger partial charge in [-0.15, -0.1) is 0 Å². The van der Waals surface area contributed by atoms with Crippen molar-refractivity contribution in [1.29, 1.82) is 0 Å². The molecule has 2 atom stereocenters. The molecule has 0 saturated heterocycles. The van der Waals surface area contributed by atoms with Crippen LogP contribution in [-0.4, -0.2) is 27.8 Å². The molecule has 0 spiro atoms. The van der Waals surface area contributed by atoms with Crippen LogP contribution in [-0.2, 0) is 9.59 Å². The standard InChI is InChI=1S/C10H14O2.C10H14O.Na.H2O/c11-9-7-1-6-2-8(9)5-10(12,3-6)4-7;11-10-8-2-6-1-7(4-8)5-9(10)3-6;;/h6-8,12H,1-5H2;6-9H,1-5H2;;1H2/q;;+1;/p-1. The van der Waals surface area contributed by atoms with Crippen molar-refractivity contribution in [2.75, 3.05) is 0 Å². The Balaban J connectivity index is 0.000000135. The zero-order valence-corrected chi connectivity index (χ0v) is 17.3. The second kappa shape index (κ2) is 7.01. The Morgan fingerprint density at radius 2 is 1.04 bits per heavy atom. The maximum absolute atomic E-state index is 11.6. The van der Waals surface area contributed by atoms with Gasteiger partial charge in [0, 0.05) is 23.7 Å². The predicted molar refractivity (Wildman–Crippen MR) is 87.5 cm³/mol. The van der Waals surface area contributed by atoms with Gasteiger partial charge in [-0.1, -0.05) is 0 Å². The number of carbonyl (C=O) groups is 2. The number of carbonyl (C=O) groups excluding carboxylic acids is 2. The summed E-state index contributed by atoms with van der Waals surface area (Å²) in [6, 6.07) is 0. The Morgan fingerprint density at radius 3 is 1.48 bits per heavy atom. The fourth-order valence-corrected chi connectivity index (χ4v) is 7.35. The molecule has 8 aliphatic carbocycles. The molecule has 8 fully saturated rings. The van der Waals surface area contributed by atoms with Crippen LogP contribution in [0.5, 0.6) is 0 Å². The average molecular weight is 356 g/mol. The van der Waals surface area contributed by atoms with E-state index in [1.165, 1.54) is 32.1 Å². The van der Waals surface area contributed by atoms with Crippen LogP contribution in [0.2, 0.25) is 0 Å². The summed E-state index contributed by atoms with van der Waals surface area (Å²) in [6.45, 7) is 0. The smallest absolute Gasteiger partial charge is 0.870 e. The zero-order valence-electron chi connectivity index (χ0n) is 15.3. The van der Waals surface area contributed by atoms with E-state index < -0.39 is 5.60 Å². The van der Waals surface area contributed by atoms with Crippen molar-refractivity contribution in [2.45, 2.75) is 69.8 Å². The first-order chi connectivity index (χ1) is 11.0. The van der Waals surface area contributed by atoms with Crippen molar-refractivity contribution in [3.63, 3.8) is 0 Å². The molecule has 25 heavy (non-hydrogen) atoms. The van der Waals surface area contributed by atoms with Crippen LogP contribution in [0, 0.1) is 41.4 Å². The first-order valence-corrected chi connectivity index (χ1v) is 9.79. The fourth-order valence-electron chi connectivity index (χ4n) is 7.35. The molecule has 0 aromatic carbocycles. The van der Waals surface area contributed by atoms with E-state index in [4.69, 9.17) is 0 Å². The number of hydrogen-bond donors (Lipinski definition) is 1. The van der Waals surface area contributed by atoms with Gasteiger partial charge >= 0.3 is 29.6 Å². The summed E-state index contributed by atoms with van der Waals surface area (Å²) < 4.78 is 0. The van der Waals surface area contributed by atoms with Crippen LogP contribution in [0.3, 0.4) is 0 Å².